The third kappa shape index (κ3) is 4.12. The summed E-state index contributed by atoms with van der Waals surface area (Å²) in [6.45, 7) is 15.1. The van der Waals surface area contributed by atoms with Crippen LogP contribution in [0.1, 0.15) is 34.6 Å². The van der Waals surface area contributed by atoms with Gasteiger partial charge < -0.3 is 23.7 Å². The van der Waals surface area contributed by atoms with E-state index in [9.17, 15) is 4.79 Å². The van der Waals surface area contributed by atoms with Gasteiger partial charge in [0.2, 0.25) is 0 Å². The highest BCUT2D eigenvalue weighted by Gasteiger charge is 2.63. The largest absolute Gasteiger partial charge is 0.450 e. The van der Waals surface area contributed by atoms with Gasteiger partial charge in [-0.15, -0.1) is 0 Å². The van der Waals surface area contributed by atoms with Crippen molar-refractivity contribution in [1.82, 2.24) is 0 Å². The quantitative estimate of drug-likeness (QED) is 0.550. The number of ether oxygens (including phenoxy) is 5. The molecule has 0 aromatic carbocycles. The number of hydrogen-bond donors (Lipinski definition) is 0. The average molecular weight is 328 g/mol. The summed E-state index contributed by atoms with van der Waals surface area (Å²) in [5.74, 6) is -1.36. The van der Waals surface area contributed by atoms with Crippen molar-refractivity contribution in [2.45, 2.75) is 52.8 Å². The third-order valence-electron chi connectivity index (χ3n) is 3.81. The first kappa shape index (κ1) is 18.4. The molecule has 0 amide bonds. The van der Waals surface area contributed by atoms with Gasteiger partial charge in [-0.2, -0.15) is 0 Å². The van der Waals surface area contributed by atoms with Gasteiger partial charge in [0, 0.05) is 17.6 Å². The van der Waals surface area contributed by atoms with E-state index in [2.05, 4.69) is 20.4 Å². The van der Waals surface area contributed by atoms with Gasteiger partial charge in [0.15, 0.2) is 6.10 Å². The summed E-state index contributed by atoms with van der Waals surface area (Å²) >= 11 is 0. The van der Waals surface area contributed by atoms with Gasteiger partial charge in [-0.3, -0.25) is 0 Å². The SMILES string of the molecule is C=C(C)C(=O)OC1C(C)(C)COC12OCC(COCC(C)C)O2. The van der Waals surface area contributed by atoms with E-state index in [1.807, 2.05) is 13.8 Å². The second-order valence-electron chi connectivity index (χ2n) is 7.43. The average Bonchev–Trinajstić information content (AvgIpc) is 2.95. The van der Waals surface area contributed by atoms with Crippen LogP contribution in [0.25, 0.3) is 0 Å². The normalized spacial score (nSPS) is 32.6. The Bertz CT molecular complexity index is 458. The highest BCUT2D eigenvalue weighted by atomic mass is 16.9. The molecule has 2 aliphatic rings. The lowest BCUT2D eigenvalue weighted by Crippen LogP contribution is -2.48. The Morgan fingerprint density at radius 3 is 2.65 bits per heavy atom. The summed E-state index contributed by atoms with van der Waals surface area (Å²) in [5.41, 5.74) is -0.0867. The number of hydrogen-bond acceptors (Lipinski definition) is 6. The summed E-state index contributed by atoms with van der Waals surface area (Å²) in [5, 5.41) is 0. The Kier molecular flexibility index (Phi) is 5.51. The minimum Gasteiger partial charge on any atom is -0.450 e. The Morgan fingerprint density at radius 1 is 1.35 bits per heavy atom. The molecule has 2 heterocycles. The maximum Gasteiger partial charge on any atom is 0.333 e. The summed E-state index contributed by atoms with van der Waals surface area (Å²) in [6, 6.07) is 0. The summed E-state index contributed by atoms with van der Waals surface area (Å²) in [7, 11) is 0. The van der Waals surface area contributed by atoms with Crippen LogP contribution in [0.15, 0.2) is 12.2 Å². The van der Waals surface area contributed by atoms with Crippen molar-refractivity contribution in [2.75, 3.05) is 26.4 Å². The fourth-order valence-corrected chi connectivity index (χ4v) is 2.60. The molecular formula is C17H28O6. The molecule has 0 aromatic heterocycles. The zero-order chi connectivity index (χ0) is 17.3. The van der Waals surface area contributed by atoms with Gasteiger partial charge in [-0.25, -0.2) is 4.79 Å². The molecule has 0 aliphatic carbocycles. The maximum atomic E-state index is 11.9. The first-order chi connectivity index (χ1) is 10.7. The highest BCUT2D eigenvalue weighted by Crippen LogP contribution is 2.46. The molecule has 132 valence electrons. The van der Waals surface area contributed by atoms with Crippen LogP contribution in [0, 0.1) is 11.3 Å². The van der Waals surface area contributed by atoms with Crippen LogP contribution in [0.5, 0.6) is 0 Å². The van der Waals surface area contributed by atoms with Gasteiger partial charge in [0.1, 0.15) is 6.10 Å². The first-order valence-electron chi connectivity index (χ1n) is 8.06. The molecule has 0 radical (unpaired) electrons. The van der Waals surface area contributed by atoms with Crippen LogP contribution in [-0.2, 0) is 28.5 Å². The summed E-state index contributed by atoms with van der Waals surface area (Å²) in [6.07, 6.45) is -0.900. The lowest BCUT2D eigenvalue weighted by molar-refractivity contribution is -0.348. The van der Waals surface area contributed by atoms with Crippen LogP contribution >= 0.6 is 0 Å². The number of rotatable bonds is 6. The monoisotopic (exact) mass is 328 g/mol. The minimum atomic E-state index is -1.35. The predicted octanol–water partition coefficient (Wildman–Crippen LogP) is 2.27. The van der Waals surface area contributed by atoms with E-state index in [1.54, 1.807) is 6.92 Å². The van der Waals surface area contributed by atoms with E-state index in [4.69, 9.17) is 23.7 Å². The molecule has 0 N–H and O–H groups in total. The Labute approximate surface area is 138 Å². The molecule has 2 aliphatic heterocycles. The zero-order valence-electron chi connectivity index (χ0n) is 14.7. The van der Waals surface area contributed by atoms with Crippen molar-refractivity contribution < 1.29 is 28.5 Å². The predicted molar refractivity (Wildman–Crippen MR) is 83.6 cm³/mol. The number of esters is 1. The van der Waals surface area contributed by atoms with Crippen LogP contribution in [-0.4, -0.2) is 50.6 Å². The molecule has 0 bridgehead atoms. The molecule has 6 heteroatoms. The molecule has 0 aromatic rings. The number of carbonyl (C=O) groups excluding carboxylic acids is 1. The van der Waals surface area contributed by atoms with E-state index < -0.39 is 23.5 Å². The summed E-state index contributed by atoms with van der Waals surface area (Å²) in [4.78, 5) is 11.9. The van der Waals surface area contributed by atoms with E-state index in [0.717, 1.165) is 0 Å². The van der Waals surface area contributed by atoms with Crippen molar-refractivity contribution in [3.8, 4) is 0 Å². The molecule has 23 heavy (non-hydrogen) atoms. The van der Waals surface area contributed by atoms with Gasteiger partial charge >= 0.3 is 11.9 Å². The van der Waals surface area contributed by atoms with E-state index in [-0.39, 0.29) is 6.10 Å². The fraction of sp³-hybridized carbons (Fsp3) is 0.824. The van der Waals surface area contributed by atoms with Crippen LogP contribution in [0.4, 0.5) is 0 Å². The zero-order valence-corrected chi connectivity index (χ0v) is 14.7. The summed E-state index contributed by atoms with van der Waals surface area (Å²) < 4.78 is 28.6. The second-order valence-corrected chi connectivity index (χ2v) is 7.43. The van der Waals surface area contributed by atoms with Crippen molar-refractivity contribution >= 4 is 5.97 Å². The standard InChI is InChI=1S/C17H28O6/c1-11(2)7-19-8-13-9-20-17(23-13)15(16(5,6)10-21-17)22-14(18)12(3)4/h11,13,15H,3,7-10H2,1-2,4-6H3. The molecule has 3 atom stereocenters. The Morgan fingerprint density at radius 2 is 2.04 bits per heavy atom. The van der Waals surface area contributed by atoms with Crippen LogP contribution < -0.4 is 0 Å². The van der Waals surface area contributed by atoms with E-state index in [1.165, 1.54) is 0 Å². The molecule has 2 fully saturated rings. The van der Waals surface area contributed by atoms with E-state index >= 15 is 0 Å². The van der Waals surface area contributed by atoms with Gasteiger partial charge in [0.25, 0.3) is 0 Å². The lowest BCUT2D eigenvalue weighted by atomic mass is 9.88. The van der Waals surface area contributed by atoms with Gasteiger partial charge in [-0.05, 0) is 12.8 Å². The van der Waals surface area contributed by atoms with Crippen molar-refractivity contribution in [3.63, 3.8) is 0 Å². The van der Waals surface area contributed by atoms with Crippen molar-refractivity contribution in [3.05, 3.63) is 12.2 Å². The first-order valence-corrected chi connectivity index (χ1v) is 8.06. The Hall–Kier alpha value is -0.950. The second kappa shape index (κ2) is 6.89. The Balaban J connectivity index is 2.02. The lowest BCUT2D eigenvalue weighted by Gasteiger charge is -2.32. The molecule has 1 spiro atoms. The van der Waals surface area contributed by atoms with Gasteiger partial charge in [0.05, 0.1) is 19.8 Å². The molecular weight excluding hydrogens is 300 g/mol. The van der Waals surface area contributed by atoms with Crippen molar-refractivity contribution in [2.24, 2.45) is 11.3 Å². The van der Waals surface area contributed by atoms with Gasteiger partial charge in [-0.1, -0.05) is 34.3 Å². The third-order valence-corrected chi connectivity index (χ3v) is 3.81. The fourth-order valence-electron chi connectivity index (χ4n) is 2.60. The maximum absolute atomic E-state index is 11.9. The smallest absolute Gasteiger partial charge is 0.333 e. The molecule has 6 nitrogen and oxygen atoms in total. The van der Waals surface area contributed by atoms with E-state index in [0.29, 0.717) is 37.9 Å². The molecule has 3 unspecified atom stereocenters. The molecule has 2 saturated heterocycles. The highest BCUT2D eigenvalue weighted by molar-refractivity contribution is 5.87. The van der Waals surface area contributed by atoms with Crippen molar-refractivity contribution in [1.29, 1.82) is 0 Å². The van der Waals surface area contributed by atoms with Crippen LogP contribution in [0.3, 0.4) is 0 Å². The molecule has 2 rings (SSSR count). The molecule has 0 saturated carbocycles. The minimum absolute atomic E-state index is 0.242. The van der Waals surface area contributed by atoms with Crippen LogP contribution in [0.2, 0.25) is 0 Å². The topological polar surface area (TPSA) is 63.2 Å². The number of carbonyl (C=O) groups is 1.